The summed E-state index contributed by atoms with van der Waals surface area (Å²) in [7, 11) is 1.60. The van der Waals surface area contributed by atoms with E-state index in [2.05, 4.69) is 15.1 Å². The van der Waals surface area contributed by atoms with Crippen molar-refractivity contribution >= 4 is 28.2 Å². The largest absolute Gasteiger partial charge is 0.618 e. The Morgan fingerprint density at radius 2 is 2.25 bits per heavy atom. The second-order valence-corrected chi connectivity index (χ2v) is 6.81. The van der Waals surface area contributed by atoms with Crippen LogP contribution in [0.5, 0.6) is 0 Å². The number of rotatable bonds is 4. The van der Waals surface area contributed by atoms with E-state index in [-0.39, 0.29) is 27.8 Å². The predicted octanol–water partition coefficient (Wildman–Crippen LogP) is 2.75. The zero-order chi connectivity index (χ0) is 20.0. The van der Waals surface area contributed by atoms with Crippen LogP contribution < -0.4 is 4.73 Å². The summed E-state index contributed by atoms with van der Waals surface area (Å²) >= 11 is 6.10. The van der Waals surface area contributed by atoms with Gasteiger partial charge < -0.3 is 14.5 Å². The van der Waals surface area contributed by atoms with E-state index in [1.807, 2.05) is 13.0 Å². The molecule has 1 atom stereocenters. The Bertz CT molecular complexity index is 1260. The van der Waals surface area contributed by atoms with Gasteiger partial charge in [-0.1, -0.05) is 23.7 Å². The standard InChI is InChI=1S/C18H15ClN6O3/c1-9(7-27-3)18-22-17(23-28-18)14-15-10(2)25(26)16-11(6-20)12(19)4-5-13(16)24(15)8-21-14/h4-5,8-9H,7H2,1-3H3. The van der Waals surface area contributed by atoms with E-state index in [1.54, 1.807) is 36.9 Å². The van der Waals surface area contributed by atoms with Gasteiger partial charge in [0.05, 0.1) is 17.5 Å². The smallest absolute Gasteiger partial charge is 0.260 e. The van der Waals surface area contributed by atoms with Crippen molar-refractivity contribution in [3.63, 3.8) is 0 Å². The topological polar surface area (TPSA) is 116 Å². The van der Waals surface area contributed by atoms with Crippen molar-refractivity contribution < 1.29 is 14.0 Å². The minimum absolute atomic E-state index is 0.0770. The average molecular weight is 399 g/mol. The summed E-state index contributed by atoms with van der Waals surface area (Å²) in [6.07, 6.45) is 1.56. The van der Waals surface area contributed by atoms with Crippen LogP contribution in [0.15, 0.2) is 23.0 Å². The van der Waals surface area contributed by atoms with Crippen molar-refractivity contribution in [3.8, 4) is 17.6 Å². The number of ether oxygens (including phenoxy) is 1. The molecule has 0 fully saturated rings. The minimum atomic E-state index is -0.0770. The van der Waals surface area contributed by atoms with Crippen molar-refractivity contribution in [2.24, 2.45) is 0 Å². The van der Waals surface area contributed by atoms with Gasteiger partial charge in [0.1, 0.15) is 34.7 Å². The molecule has 0 radical (unpaired) electrons. The summed E-state index contributed by atoms with van der Waals surface area (Å²) in [5.41, 5.74) is 2.09. The van der Waals surface area contributed by atoms with Crippen molar-refractivity contribution in [2.75, 3.05) is 13.7 Å². The van der Waals surface area contributed by atoms with E-state index in [0.717, 1.165) is 0 Å². The van der Waals surface area contributed by atoms with Gasteiger partial charge in [0.15, 0.2) is 0 Å². The fraction of sp³-hybridized carbons (Fsp3) is 0.278. The van der Waals surface area contributed by atoms with Gasteiger partial charge in [-0.3, -0.25) is 4.40 Å². The van der Waals surface area contributed by atoms with Crippen LogP contribution in [-0.4, -0.2) is 33.2 Å². The van der Waals surface area contributed by atoms with Gasteiger partial charge in [-0.2, -0.15) is 15.0 Å². The third-order valence-corrected chi connectivity index (χ3v) is 4.90. The maximum absolute atomic E-state index is 12.9. The Hall–Kier alpha value is -3.22. The van der Waals surface area contributed by atoms with Crippen molar-refractivity contribution in [1.82, 2.24) is 19.5 Å². The zero-order valence-corrected chi connectivity index (χ0v) is 16.1. The molecular weight excluding hydrogens is 384 g/mol. The van der Waals surface area contributed by atoms with Gasteiger partial charge in [-0.25, -0.2) is 4.98 Å². The van der Waals surface area contributed by atoms with E-state index in [0.29, 0.717) is 39.6 Å². The lowest BCUT2D eigenvalue weighted by Crippen LogP contribution is -2.33. The second-order valence-electron chi connectivity index (χ2n) is 6.41. The van der Waals surface area contributed by atoms with Gasteiger partial charge in [-0.15, -0.1) is 0 Å². The predicted molar refractivity (Wildman–Crippen MR) is 99.7 cm³/mol. The first kappa shape index (κ1) is 18.2. The Morgan fingerprint density at radius 1 is 1.46 bits per heavy atom. The summed E-state index contributed by atoms with van der Waals surface area (Å²) in [6.45, 7) is 3.99. The first-order valence-electron chi connectivity index (χ1n) is 8.42. The SMILES string of the molecule is COCC(C)c1nc(-c2ncn3c2c(C)[n+]([O-])c2c(C#N)c(Cl)ccc23)no1. The quantitative estimate of drug-likeness (QED) is 0.383. The fourth-order valence-electron chi connectivity index (χ4n) is 3.22. The Kier molecular flexibility index (Phi) is 4.37. The molecule has 0 N–H and O–H groups in total. The number of nitriles is 1. The molecule has 4 aromatic rings. The molecular formula is C18H15ClN6O3. The molecule has 0 bridgehead atoms. The number of benzene rings is 1. The number of imidazole rings is 1. The number of aromatic nitrogens is 5. The number of nitrogens with zero attached hydrogens (tertiary/aromatic N) is 6. The molecule has 9 nitrogen and oxygen atoms in total. The highest BCUT2D eigenvalue weighted by Crippen LogP contribution is 2.29. The van der Waals surface area contributed by atoms with E-state index in [1.165, 1.54) is 0 Å². The average Bonchev–Trinajstić information content (AvgIpc) is 3.33. The highest BCUT2D eigenvalue weighted by molar-refractivity contribution is 6.32. The summed E-state index contributed by atoms with van der Waals surface area (Å²) in [6, 6.07) is 5.25. The Balaban J connectivity index is 1.98. The normalized spacial score (nSPS) is 12.5. The highest BCUT2D eigenvalue weighted by atomic mass is 35.5. The van der Waals surface area contributed by atoms with Crippen LogP contribution in [0.3, 0.4) is 0 Å². The number of aryl methyl sites for hydroxylation is 1. The molecule has 0 aliphatic rings. The molecule has 142 valence electrons. The summed E-state index contributed by atoms with van der Waals surface area (Å²) in [5.74, 6) is 0.620. The summed E-state index contributed by atoms with van der Waals surface area (Å²) in [4.78, 5) is 8.79. The second kappa shape index (κ2) is 6.74. The minimum Gasteiger partial charge on any atom is -0.618 e. The van der Waals surface area contributed by atoms with Crippen LogP contribution in [0, 0.1) is 23.5 Å². The maximum atomic E-state index is 12.9. The van der Waals surface area contributed by atoms with Crippen LogP contribution in [0.4, 0.5) is 0 Å². The molecule has 1 aromatic carbocycles. The Morgan fingerprint density at radius 3 is 2.96 bits per heavy atom. The highest BCUT2D eigenvalue weighted by Gasteiger charge is 2.26. The lowest BCUT2D eigenvalue weighted by Gasteiger charge is -2.10. The number of fused-ring (bicyclic) bond motifs is 3. The lowest BCUT2D eigenvalue weighted by atomic mass is 10.1. The van der Waals surface area contributed by atoms with Gasteiger partial charge >= 0.3 is 0 Å². The van der Waals surface area contributed by atoms with Crippen LogP contribution in [0.2, 0.25) is 5.02 Å². The Labute approximate surface area is 164 Å². The molecule has 3 heterocycles. The van der Waals surface area contributed by atoms with Crippen LogP contribution in [0.25, 0.3) is 28.1 Å². The maximum Gasteiger partial charge on any atom is 0.260 e. The first-order chi connectivity index (χ1) is 13.5. The van der Waals surface area contributed by atoms with Crippen molar-refractivity contribution in [2.45, 2.75) is 19.8 Å². The number of hydrogen-bond donors (Lipinski definition) is 0. The zero-order valence-electron chi connectivity index (χ0n) is 15.3. The van der Waals surface area contributed by atoms with E-state index < -0.39 is 0 Å². The number of methoxy groups -OCH3 is 1. The number of hydrogen-bond acceptors (Lipinski definition) is 7. The van der Waals surface area contributed by atoms with E-state index >= 15 is 0 Å². The summed E-state index contributed by atoms with van der Waals surface area (Å²) in [5, 5.41) is 26.6. The molecule has 4 rings (SSSR count). The molecule has 0 spiro atoms. The molecule has 28 heavy (non-hydrogen) atoms. The number of halogens is 1. The molecule has 0 amide bonds. The molecule has 0 aliphatic carbocycles. The molecule has 0 saturated heterocycles. The van der Waals surface area contributed by atoms with E-state index in [4.69, 9.17) is 20.9 Å². The molecule has 0 saturated carbocycles. The van der Waals surface area contributed by atoms with Gasteiger partial charge in [0, 0.05) is 14.0 Å². The monoisotopic (exact) mass is 398 g/mol. The van der Waals surface area contributed by atoms with Gasteiger partial charge in [0.2, 0.25) is 17.4 Å². The van der Waals surface area contributed by atoms with Crippen LogP contribution in [0.1, 0.15) is 30.0 Å². The van der Waals surface area contributed by atoms with E-state index in [9.17, 15) is 10.5 Å². The molecule has 0 aliphatic heterocycles. The fourth-order valence-corrected chi connectivity index (χ4v) is 3.41. The van der Waals surface area contributed by atoms with Crippen molar-refractivity contribution in [1.29, 1.82) is 5.26 Å². The van der Waals surface area contributed by atoms with Crippen molar-refractivity contribution in [3.05, 3.63) is 45.8 Å². The molecule has 1 unspecified atom stereocenters. The third-order valence-electron chi connectivity index (χ3n) is 4.59. The molecule has 3 aromatic heterocycles. The summed E-state index contributed by atoms with van der Waals surface area (Å²) < 4.78 is 12.9. The lowest BCUT2D eigenvalue weighted by molar-refractivity contribution is -0.583. The third kappa shape index (κ3) is 2.58. The van der Waals surface area contributed by atoms with Gasteiger partial charge in [-0.05, 0) is 12.1 Å². The van der Waals surface area contributed by atoms with Gasteiger partial charge in [0.25, 0.3) is 5.52 Å². The first-order valence-corrected chi connectivity index (χ1v) is 8.80. The molecule has 10 heteroatoms. The van der Waals surface area contributed by atoms with Crippen LogP contribution >= 0.6 is 11.6 Å². The van der Waals surface area contributed by atoms with Crippen LogP contribution in [-0.2, 0) is 4.74 Å².